The molecule has 0 aromatic heterocycles. The molecule has 1 aliphatic heterocycles. The van der Waals surface area contributed by atoms with Gasteiger partial charge in [-0.25, -0.2) is 8.78 Å². The highest BCUT2D eigenvalue weighted by atomic mass is 32.1. The number of piperazine rings is 1. The van der Waals surface area contributed by atoms with Gasteiger partial charge in [0, 0.05) is 44.4 Å². The summed E-state index contributed by atoms with van der Waals surface area (Å²) in [5, 5.41) is 3.63. The minimum absolute atomic E-state index is 0.0307. The number of nitrogens with two attached hydrogens (primary N) is 1. The number of aryl methyl sites for hydroxylation is 1. The molecule has 28 heavy (non-hydrogen) atoms. The minimum Gasteiger partial charge on any atom is -0.375 e. The average molecular weight is 404 g/mol. The van der Waals surface area contributed by atoms with Gasteiger partial charge in [-0.05, 0) is 36.3 Å². The van der Waals surface area contributed by atoms with Crippen LogP contribution in [-0.2, 0) is 6.54 Å². The third-order valence-electron chi connectivity index (χ3n) is 4.81. The van der Waals surface area contributed by atoms with Gasteiger partial charge in [-0.2, -0.15) is 5.10 Å². The second kappa shape index (κ2) is 9.07. The third-order valence-corrected chi connectivity index (χ3v) is 4.90. The van der Waals surface area contributed by atoms with Crippen LogP contribution in [0.25, 0.3) is 0 Å². The smallest absolute Gasteiger partial charge is 0.184 e. The van der Waals surface area contributed by atoms with Gasteiger partial charge >= 0.3 is 0 Å². The lowest BCUT2D eigenvalue weighted by Gasteiger charge is -2.36. The summed E-state index contributed by atoms with van der Waals surface area (Å²) in [6.07, 6.45) is 1.15. The van der Waals surface area contributed by atoms with Crippen molar-refractivity contribution in [2.75, 3.05) is 31.1 Å². The van der Waals surface area contributed by atoms with Crippen molar-refractivity contribution in [1.82, 2.24) is 10.3 Å². The van der Waals surface area contributed by atoms with Gasteiger partial charge in [0.25, 0.3) is 0 Å². The van der Waals surface area contributed by atoms with Crippen molar-refractivity contribution in [3.8, 4) is 0 Å². The Hall–Kier alpha value is -2.58. The molecule has 2 aromatic carbocycles. The van der Waals surface area contributed by atoms with E-state index in [1.807, 2.05) is 17.0 Å². The highest BCUT2D eigenvalue weighted by Crippen LogP contribution is 2.24. The van der Waals surface area contributed by atoms with Crippen molar-refractivity contribution >= 4 is 29.2 Å². The first-order chi connectivity index (χ1) is 13.4. The van der Waals surface area contributed by atoms with Crippen LogP contribution < -0.4 is 16.1 Å². The molecule has 1 saturated heterocycles. The van der Waals surface area contributed by atoms with E-state index in [0.29, 0.717) is 13.1 Å². The van der Waals surface area contributed by atoms with Crippen molar-refractivity contribution < 1.29 is 8.78 Å². The Morgan fingerprint density at radius 1 is 1.18 bits per heavy atom. The molecule has 0 aliphatic carbocycles. The predicted octanol–water partition coefficient (Wildman–Crippen LogP) is 2.76. The van der Waals surface area contributed by atoms with Crippen molar-refractivity contribution in [3.63, 3.8) is 0 Å². The van der Waals surface area contributed by atoms with Gasteiger partial charge in [0.2, 0.25) is 0 Å². The Kier molecular flexibility index (Phi) is 6.53. The van der Waals surface area contributed by atoms with Crippen LogP contribution in [0.5, 0.6) is 0 Å². The van der Waals surface area contributed by atoms with Crippen molar-refractivity contribution in [1.29, 1.82) is 0 Å². The normalized spacial score (nSPS) is 15.2. The van der Waals surface area contributed by atoms with Crippen LogP contribution in [0.1, 0.15) is 16.7 Å². The Labute approximate surface area is 168 Å². The number of anilines is 1. The van der Waals surface area contributed by atoms with Crippen LogP contribution in [0.15, 0.2) is 41.5 Å². The van der Waals surface area contributed by atoms with Crippen molar-refractivity contribution in [2.45, 2.75) is 13.5 Å². The minimum atomic E-state index is -0.549. The lowest BCUT2D eigenvalue weighted by Crippen LogP contribution is -2.46. The molecule has 0 bridgehead atoms. The number of benzene rings is 2. The molecular formula is C20H23F2N5S. The second-order valence-electron chi connectivity index (χ2n) is 6.75. The number of rotatable bonds is 5. The average Bonchev–Trinajstić information content (AvgIpc) is 2.66. The van der Waals surface area contributed by atoms with E-state index in [0.717, 1.165) is 31.9 Å². The van der Waals surface area contributed by atoms with Gasteiger partial charge in [-0.3, -0.25) is 10.3 Å². The molecule has 3 rings (SSSR count). The highest BCUT2D eigenvalue weighted by molar-refractivity contribution is 7.80. The first-order valence-electron chi connectivity index (χ1n) is 9.03. The largest absolute Gasteiger partial charge is 0.375 e. The first kappa shape index (κ1) is 20.2. The zero-order chi connectivity index (χ0) is 20.1. The summed E-state index contributed by atoms with van der Waals surface area (Å²) < 4.78 is 28.9. The molecule has 3 N–H and O–H groups in total. The Morgan fingerprint density at radius 2 is 1.89 bits per heavy atom. The number of hydrazone groups is 1. The highest BCUT2D eigenvalue weighted by Gasteiger charge is 2.21. The standard InChI is InChI=1S/C20H23F2N5S/c1-14-4-2-3-5-15(14)13-26-6-8-27(9-7-26)19-11-17(21)16(10-18(19)22)12-24-25-20(23)28/h2-5,10-12H,6-9,13H2,1H3,(H3,23,25,28). The SMILES string of the molecule is Cc1ccccc1CN1CCN(c2cc(F)c(C=NNC(N)=S)cc2F)CC1. The first-order valence-corrected chi connectivity index (χ1v) is 9.44. The van der Waals surface area contributed by atoms with Crippen molar-refractivity contribution in [2.24, 2.45) is 10.8 Å². The van der Waals surface area contributed by atoms with Gasteiger partial charge in [0.1, 0.15) is 11.6 Å². The molecule has 0 amide bonds. The zero-order valence-electron chi connectivity index (χ0n) is 15.7. The number of halogens is 2. The van der Waals surface area contributed by atoms with E-state index in [4.69, 9.17) is 5.73 Å². The summed E-state index contributed by atoms with van der Waals surface area (Å²) in [5.41, 5.74) is 10.4. The fourth-order valence-corrected chi connectivity index (χ4v) is 3.29. The van der Waals surface area contributed by atoms with Gasteiger partial charge in [0.15, 0.2) is 5.11 Å². The lowest BCUT2D eigenvalue weighted by molar-refractivity contribution is 0.248. The number of hydrogen-bond acceptors (Lipinski definition) is 4. The zero-order valence-corrected chi connectivity index (χ0v) is 16.5. The van der Waals surface area contributed by atoms with Gasteiger partial charge in [-0.1, -0.05) is 24.3 Å². The van der Waals surface area contributed by atoms with E-state index in [1.165, 1.54) is 17.2 Å². The molecule has 0 saturated carbocycles. The van der Waals surface area contributed by atoms with Crippen LogP contribution in [0.3, 0.4) is 0 Å². The number of hydrogen-bond donors (Lipinski definition) is 2. The van der Waals surface area contributed by atoms with Gasteiger partial charge in [0.05, 0.1) is 11.9 Å². The summed E-state index contributed by atoms with van der Waals surface area (Å²) in [6, 6.07) is 10.7. The van der Waals surface area contributed by atoms with Crippen LogP contribution in [0.2, 0.25) is 0 Å². The molecule has 0 atom stereocenters. The van der Waals surface area contributed by atoms with E-state index in [2.05, 4.69) is 46.7 Å². The topological polar surface area (TPSA) is 56.9 Å². The Morgan fingerprint density at radius 3 is 2.57 bits per heavy atom. The van der Waals surface area contributed by atoms with Crippen LogP contribution >= 0.6 is 12.2 Å². The third kappa shape index (κ3) is 5.02. The maximum atomic E-state index is 14.5. The number of thiocarbonyl (C=S) groups is 1. The number of nitrogens with one attached hydrogen (secondary N) is 1. The monoisotopic (exact) mass is 403 g/mol. The Balaban J connectivity index is 1.64. The molecule has 8 heteroatoms. The molecule has 2 aromatic rings. The van der Waals surface area contributed by atoms with E-state index < -0.39 is 11.6 Å². The molecule has 1 heterocycles. The van der Waals surface area contributed by atoms with E-state index in [9.17, 15) is 8.78 Å². The maximum Gasteiger partial charge on any atom is 0.184 e. The molecule has 5 nitrogen and oxygen atoms in total. The number of nitrogens with zero attached hydrogens (tertiary/aromatic N) is 3. The van der Waals surface area contributed by atoms with Crippen molar-refractivity contribution in [3.05, 3.63) is 64.7 Å². The molecule has 1 fully saturated rings. The van der Waals surface area contributed by atoms with Crippen LogP contribution in [-0.4, -0.2) is 42.4 Å². The lowest BCUT2D eigenvalue weighted by atomic mass is 10.1. The predicted molar refractivity (Wildman–Crippen MR) is 113 cm³/mol. The van der Waals surface area contributed by atoms with Gasteiger partial charge in [-0.15, -0.1) is 0 Å². The quantitative estimate of drug-likeness (QED) is 0.457. The van der Waals surface area contributed by atoms with Crippen LogP contribution in [0.4, 0.5) is 14.5 Å². The second-order valence-corrected chi connectivity index (χ2v) is 7.19. The summed E-state index contributed by atoms with van der Waals surface area (Å²) in [7, 11) is 0. The van der Waals surface area contributed by atoms with E-state index in [-0.39, 0.29) is 16.4 Å². The van der Waals surface area contributed by atoms with Gasteiger partial charge < -0.3 is 10.6 Å². The molecule has 0 unspecified atom stereocenters. The fraction of sp³-hybridized carbons (Fsp3) is 0.300. The Bertz CT molecular complexity index is 879. The molecule has 0 spiro atoms. The molecule has 148 valence electrons. The summed E-state index contributed by atoms with van der Waals surface area (Å²) >= 11 is 4.61. The molecule has 1 aliphatic rings. The summed E-state index contributed by atoms with van der Waals surface area (Å²) in [4.78, 5) is 4.20. The summed E-state index contributed by atoms with van der Waals surface area (Å²) in [6.45, 7) is 5.82. The van der Waals surface area contributed by atoms with Crippen LogP contribution in [0, 0.1) is 18.6 Å². The van der Waals surface area contributed by atoms with E-state index in [1.54, 1.807) is 0 Å². The fourth-order valence-electron chi connectivity index (χ4n) is 3.23. The maximum absolute atomic E-state index is 14.5. The molecular weight excluding hydrogens is 380 g/mol. The van der Waals surface area contributed by atoms with E-state index >= 15 is 0 Å². The molecule has 0 radical (unpaired) electrons. The summed E-state index contributed by atoms with van der Waals surface area (Å²) in [5.74, 6) is -1.03.